The molecule has 1 aliphatic heterocycles. The van der Waals surface area contributed by atoms with Crippen LogP contribution in [-0.4, -0.2) is 15.1 Å². The Hall–Kier alpha value is 0.510. The van der Waals surface area contributed by atoms with Gasteiger partial charge in [0, 0.05) is 24.0 Å². The SMILES string of the molecule is CC(C)CC1(Cn2ccc3ccccc32)CSSSSS1. The first-order valence-corrected chi connectivity index (χ1v) is 13.3. The topological polar surface area (TPSA) is 4.93 Å². The van der Waals surface area contributed by atoms with Gasteiger partial charge >= 0.3 is 0 Å². The molecular formula is C15H19NS5. The molecule has 0 amide bonds. The van der Waals surface area contributed by atoms with E-state index in [2.05, 4.69) is 65.7 Å². The van der Waals surface area contributed by atoms with Crippen LogP contribution >= 0.6 is 51.1 Å². The maximum absolute atomic E-state index is 2.45. The summed E-state index contributed by atoms with van der Waals surface area (Å²) < 4.78 is 2.77. The normalized spacial score (nSPS) is 23.6. The van der Waals surface area contributed by atoms with E-state index in [1.165, 1.54) is 23.1 Å². The Morgan fingerprint density at radius 1 is 1.14 bits per heavy atom. The summed E-state index contributed by atoms with van der Waals surface area (Å²) in [6, 6.07) is 10.9. The van der Waals surface area contributed by atoms with Gasteiger partial charge in [0.15, 0.2) is 0 Å². The van der Waals surface area contributed by atoms with Gasteiger partial charge in [0.25, 0.3) is 0 Å². The number of hydrogen-bond acceptors (Lipinski definition) is 5. The molecule has 1 aromatic carbocycles. The van der Waals surface area contributed by atoms with E-state index in [0.717, 1.165) is 12.5 Å². The first-order valence-electron chi connectivity index (χ1n) is 7.03. The number of aromatic nitrogens is 1. The van der Waals surface area contributed by atoms with Crippen LogP contribution in [0, 0.1) is 5.92 Å². The Bertz CT molecular complexity index is 587. The van der Waals surface area contributed by atoms with Crippen LogP contribution in [0.4, 0.5) is 0 Å². The van der Waals surface area contributed by atoms with Crippen molar-refractivity contribution in [3.63, 3.8) is 0 Å². The van der Waals surface area contributed by atoms with Gasteiger partial charge in [0.1, 0.15) is 0 Å². The van der Waals surface area contributed by atoms with E-state index in [0.29, 0.717) is 4.75 Å². The minimum atomic E-state index is 0.321. The Morgan fingerprint density at radius 3 is 2.86 bits per heavy atom. The maximum atomic E-state index is 2.45. The van der Waals surface area contributed by atoms with Crippen LogP contribution in [0.3, 0.4) is 0 Å². The summed E-state index contributed by atoms with van der Waals surface area (Å²) in [6.07, 6.45) is 3.53. The zero-order chi connectivity index (χ0) is 14.7. The molecule has 0 bridgehead atoms. The summed E-state index contributed by atoms with van der Waals surface area (Å²) in [4.78, 5) is 0. The quantitative estimate of drug-likeness (QED) is 0.543. The molecule has 0 spiro atoms. The number of nitrogens with zero attached hydrogens (tertiary/aromatic N) is 1. The molecule has 1 nitrogen and oxygen atoms in total. The van der Waals surface area contributed by atoms with Crippen molar-refractivity contribution in [1.29, 1.82) is 0 Å². The molecule has 1 aromatic heterocycles. The molecule has 0 N–H and O–H groups in total. The highest BCUT2D eigenvalue weighted by molar-refractivity contribution is 9.36. The number of benzene rings is 1. The smallest absolute Gasteiger partial charge is 0.0551 e. The van der Waals surface area contributed by atoms with Crippen LogP contribution in [-0.2, 0) is 6.54 Å². The van der Waals surface area contributed by atoms with Crippen molar-refractivity contribution in [1.82, 2.24) is 4.57 Å². The van der Waals surface area contributed by atoms with Crippen molar-refractivity contribution in [2.45, 2.75) is 31.6 Å². The van der Waals surface area contributed by atoms with Gasteiger partial charge < -0.3 is 4.57 Å². The van der Waals surface area contributed by atoms with E-state index in [-0.39, 0.29) is 0 Å². The average Bonchev–Trinajstić information content (AvgIpc) is 2.71. The predicted octanol–water partition coefficient (Wildman–Crippen LogP) is 6.77. The zero-order valence-corrected chi connectivity index (χ0v) is 16.2. The fraction of sp³-hybridized carbons (Fsp3) is 0.467. The second-order valence-electron chi connectivity index (χ2n) is 5.83. The first-order chi connectivity index (χ1) is 10.2. The maximum Gasteiger partial charge on any atom is 0.0551 e. The molecule has 3 rings (SSSR count). The monoisotopic (exact) mass is 373 g/mol. The Morgan fingerprint density at radius 2 is 2.00 bits per heavy atom. The molecule has 114 valence electrons. The summed E-state index contributed by atoms with van der Waals surface area (Å²) in [5.41, 5.74) is 1.36. The lowest BCUT2D eigenvalue weighted by atomic mass is 9.97. The second kappa shape index (κ2) is 7.39. The number of rotatable bonds is 4. The summed E-state index contributed by atoms with van der Waals surface area (Å²) in [5, 5.41) is 1.35. The lowest BCUT2D eigenvalue weighted by Crippen LogP contribution is -2.34. The van der Waals surface area contributed by atoms with Crippen LogP contribution < -0.4 is 0 Å². The van der Waals surface area contributed by atoms with Gasteiger partial charge in [0.2, 0.25) is 0 Å². The zero-order valence-electron chi connectivity index (χ0n) is 12.2. The summed E-state index contributed by atoms with van der Waals surface area (Å²) in [5.74, 6) is 1.95. The molecule has 1 aliphatic rings. The van der Waals surface area contributed by atoms with Crippen LogP contribution in [0.1, 0.15) is 20.3 Å². The summed E-state index contributed by atoms with van der Waals surface area (Å²) in [7, 11) is 9.89. The van der Waals surface area contributed by atoms with Gasteiger partial charge in [-0.15, -0.1) is 0 Å². The third-order valence-corrected chi connectivity index (χ3v) is 13.2. The van der Waals surface area contributed by atoms with E-state index in [1.54, 1.807) is 0 Å². The minimum Gasteiger partial charge on any atom is -0.346 e. The average molecular weight is 374 g/mol. The highest BCUT2D eigenvalue weighted by Gasteiger charge is 2.35. The lowest BCUT2D eigenvalue weighted by Gasteiger charge is -2.32. The van der Waals surface area contributed by atoms with Gasteiger partial charge in [-0.05, 0) is 59.3 Å². The number of fused-ring (bicyclic) bond motifs is 1. The van der Waals surface area contributed by atoms with Crippen LogP contribution in [0.5, 0.6) is 0 Å². The van der Waals surface area contributed by atoms with Crippen molar-refractivity contribution in [3.8, 4) is 0 Å². The number of hydrogen-bond donors (Lipinski definition) is 0. The van der Waals surface area contributed by atoms with Crippen molar-refractivity contribution < 1.29 is 0 Å². The van der Waals surface area contributed by atoms with E-state index in [4.69, 9.17) is 0 Å². The fourth-order valence-corrected chi connectivity index (χ4v) is 13.8. The van der Waals surface area contributed by atoms with Gasteiger partial charge in [-0.3, -0.25) is 0 Å². The Kier molecular flexibility index (Phi) is 5.76. The van der Waals surface area contributed by atoms with Crippen molar-refractivity contribution in [3.05, 3.63) is 36.5 Å². The molecule has 1 unspecified atom stereocenters. The molecule has 0 aliphatic carbocycles. The van der Waals surface area contributed by atoms with Gasteiger partial charge in [-0.1, -0.05) is 53.6 Å². The Balaban J connectivity index is 1.89. The van der Waals surface area contributed by atoms with Crippen molar-refractivity contribution >= 4 is 62.0 Å². The number of para-hydroxylation sites is 1. The van der Waals surface area contributed by atoms with Crippen molar-refractivity contribution in [2.24, 2.45) is 5.92 Å². The molecule has 2 aromatic rings. The van der Waals surface area contributed by atoms with Crippen molar-refractivity contribution in [2.75, 3.05) is 5.75 Å². The third kappa shape index (κ3) is 4.08. The van der Waals surface area contributed by atoms with Crippen LogP contribution in [0.15, 0.2) is 36.5 Å². The molecule has 0 saturated carbocycles. The summed E-state index contributed by atoms with van der Waals surface area (Å²) >= 11 is 0. The molecule has 1 atom stereocenters. The van der Waals surface area contributed by atoms with E-state index >= 15 is 0 Å². The third-order valence-electron chi connectivity index (χ3n) is 3.56. The first kappa shape index (κ1) is 16.4. The highest BCUT2D eigenvalue weighted by Crippen LogP contribution is 2.59. The van der Waals surface area contributed by atoms with Gasteiger partial charge in [0.05, 0.1) is 4.75 Å². The van der Waals surface area contributed by atoms with Gasteiger partial charge in [-0.2, -0.15) is 0 Å². The van der Waals surface area contributed by atoms with Gasteiger partial charge in [-0.25, -0.2) is 0 Å². The Labute approximate surface area is 145 Å². The fourth-order valence-electron chi connectivity index (χ4n) is 2.83. The van der Waals surface area contributed by atoms with E-state index in [1.807, 2.05) is 40.3 Å². The predicted molar refractivity (Wildman–Crippen MR) is 107 cm³/mol. The molecule has 21 heavy (non-hydrogen) atoms. The van der Waals surface area contributed by atoms with Crippen LogP contribution in [0.2, 0.25) is 0 Å². The molecule has 1 fully saturated rings. The van der Waals surface area contributed by atoms with E-state index < -0.39 is 0 Å². The van der Waals surface area contributed by atoms with Crippen LogP contribution in [0.25, 0.3) is 10.9 Å². The second-order valence-corrected chi connectivity index (χ2v) is 13.9. The molecule has 1 saturated heterocycles. The summed E-state index contributed by atoms with van der Waals surface area (Å²) in [6.45, 7) is 5.79. The highest BCUT2D eigenvalue weighted by atomic mass is 33.8. The van der Waals surface area contributed by atoms with E-state index in [9.17, 15) is 0 Å². The lowest BCUT2D eigenvalue weighted by molar-refractivity contribution is 0.440. The molecule has 0 radical (unpaired) electrons. The standard InChI is InChI=1S/C15H19NS5/c1-12(2)9-15(11-17-19-21-20-18-15)10-16-8-7-13-5-3-4-6-14(13)16/h3-8,12H,9-11H2,1-2H3. The molecule has 6 heteroatoms. The molecule has 2 heterocycles. The largest absolute Gasteiger partial charge is 0.346 e. The minimum absolute atomic E-state index is 0.321. The molecular weight excluding hydrogens is 355 g/mol.